The first-order valence-electron chi connectivity index (χ1n) is 6.34. The van der Waals surface area contributed by atoms with Crippen molar-refractivity contribution in [1.82, 2.24) is 0 Å². The van der Waals surface area contributed by atoms with Crippen LogP contribution in [-0.4, -0.2) is 12.8 Å². The third-order valence-corrected chi connectivity index (χ3v) is 3.21. The van der Waals surface area contributed by atoms with Crippen LogP contribution >= 0.6 is 0 Å². The number of H-pyrrole nitrogens is 1. The Morgan fingerprint density at radius 3 is 2.45 bits per heavy atom. The number of aromatic amines is 1. The Labute approximate surface area is 118 Å². The molecule has 0 saturated heterocycles. The minimum Gasteiger partial charge on any atom is -0.294 e. The number of hydrogen-bond acceptors (Lipinski definition) is 3. The van der Waals surface area contributed by atoms with E-state index in [-0.39, 0.29) is 5.78 Å². The lowest BCUT2D eigenvalue weighted by Crippen LogP contribution is -2.21. The lowest BCUT2D eigenvalue weighted by Gasteiger charge is -2.12. The molecule has 4 heteroatoms. The van der Waals surface area contributed by atoms with E-state index in [0.717, 1.165) is 11.3 Å². The van der Waals surface area contributed by atoms with E-state index < -0.39 is 0 Å². The summed E-state index contributed by atoms with van der Waals surface area (Å²) in [5, 5.41) is 12.4. The number of nitriles is 1. The molecule has 0 amide bonds. The second-order valence-corrected chi connectivity index (χ2v) is 4.53. The molecule has 1 aromatic carbocycles. The Balaban J connectivity index is 2.92. The first-order chi connectivity index (χ1) is 9.60. The summed E-state index contributed by atoms with van der Waals surface area (Å²) in [5.74, 6) is 0.550. The summed E-state index contributed by atoms with van der Waals surface area (Å²) in [6.45, 7) is 3.34. The van der Waals surface area contributed by atoms with Crippen molar-refractivity contribution < 1.29 is 9.78 Å². The lowest BCUT2D eigenvalue weighted by molar-refractivity contribution is -0.371. The van der Waals surface area contributed by atoms with Gasteiger partial charge in [-0.15, -0.1) is 0 Å². The molecule has 1 aromatic heterocycles. The van der Waals surface area contributed by atoms with Gasteiger partial charge in [-0.2, -0.15) is 5.26 Å². The molecule has 0 aliphatic heterocycles. The molecule has 0 saturated carbocycles. The van der Waals surface area contributed by atoms with Gasteiger partial charge < -0.3 is 0 Å². The number of rotatable bonds is 3. The molecule has 0 aliphatic carbocycles. The molecular weight excluding hydrogens is 250 g/mol. The molecule has 2 N–H and O–H groups in total. The fourth-order valence-corrected chi connectivity index (χ4v) is 2.32. The van der Waals surface area contributed by atoms with Gasteiger partial charge in [0.2, 0.25) is 0 Å². The fourth-order valence-electron chi connectivity index (χ4n) is 2.32. The highest BCUT2D eigenvalue weighted by molar-refractivity contribution is 6.05. The fraction of sp³-hybridized carbons (Fsp3) is 0.188. The number of hydrogen-bond donors (Lipinski definition) is 1. The third kappa shape index (κ3) is 2.26. The highest BCUT2D eigenvalue weighted by Gasteiger charge is 2.25. The van der Waals surface area contributed by atoms with Crippen molar-refractivity contribution in [1.29, 1.82) is 5.26 Å². The van der Waals surface area contributed by atoms with Crippen molar-refractivity contribution in [2.24, 2.45) is 0 Å². The number of anilines is 1. The molecule has 0 bridgehead atoms. The average Bonchev–Trinajstić information content (AvgIpc) is 2.46. The van der Waals surface area contributed by atoms with E-state index in [1.165, 1.54) is 6.92 Å². The van der Waals surface area contributed by atoms with E-state index in [9.17, 15) is 10.1 Å². The van der Waals surface area contributed by atoms with E-state index in [1.54, 1.807) is 7.05 Å². The first-order valence-corrected chi connectivity index (χ1v) is 6.34. The zero-order valence-corrected chi connectivity index (χ0v) is 11.7. The van der Waals surface area contributed by atoms with Crippen LogP contribution in [0.25, 0.3) is 11.1 Å². The number of aromatic nitrogens is 1. The minimum absolute atomic E-state index is 0.0825. The maximum absolute atomic E-state index is 12.0. The van der Waals surface area contributed by atoms with Crippen LogP contribution in [-0.2, 0) is 0 Å². The largest absolute Gasteiger partial charge is 0.294 e. The van der Waals surface area contributed by atoms with Gasteiger partial charge in [0.05, 0.1) is 7.05 Å². The van der Waals surface area contributed by atoms with Gasteiger partial charge in [0.1, 0.15) is 22.9 Å². The van der Waals surface area contributed by atoms with Crippen molar-refractivity contribution in [3.63, 3.8) is 0 Å². The van der Waals surface area contributed by atoms with Gasteiger partial charge in [0, 0.05) is 5.56 Å². The van der Waals surface area contributed by atoms with Crippen molar-refractivity contribution in [3.05, 3.63) is 47.2 Å². The predicted octanol–water partition coefficient (Wildman–Crippen LogP) is 2.59. The third-order valence-electron chi connectivity index (χ3n) is 3.21. The highest BCUT2D eigenvalue weighted by atomic mass is 16.1. The van der Waals surface area contributed by atoms with Crippen molar-refractivity contribution in [2.45, 2.75) is 13.8 Å². The lowest BCUT2D eigenvalue weighted by atomic mass is 9.92. The number of ketones is 1. The van der Waals surface area contributed by atoms with Gasteiger partial charge in [0.15, 0.2) is 5.78 Å². The van der Waals surface area contributed by atoms with Gasteiger partial charge in [-0.25, -0.2) is 4.98 Å². The minimum atomic E-state index is -0.0825. The maximum atomic E-state index is 12.0. The number of nitrogens with one attached hydrogen (secondary N) is 2. The number of pyridine rings is 1. The normalized spacial score (nSPS) is 9.90. The Morgan fingerprint density at radius 2 is 1.95 bits per heavy atom. The van der Waals surface area contributed by atoms with Crippen molar-refractivity contribution >= 4 is 11.6 Å². The van der Waals surface area contributed by atoms with Crippen LogP contribution in [0.1, 0.15) is 28.5 Å². The molecule has 0 spiro atoms. The second kappa shape index (κ2) is 5.54. The molecule has 0 aliphatic rings. The molecule has 0 atom stereocenters. The van der Waals surface area contributed by atoms with Crippen molar-refractivity contribution in [3.8, 4) is 17.2 Å². The summed E-state index contributed by atoms with van der Waals surface area (Å²) >= 11 is 0. The topological polar surface area (TPSA) is 67.0 Å². The van der Waals surface area contributed by atoms with Crippen LogP contribution in [0.5, 0.6) is 0 Å². The molecule has 100 valence electrons. The Kier molecular flexibility index (Phi) is 3.81. The highest BCUT2D eigenvalue weighted by Crippen LogP contribution is 2.31. The summed E-state index contributed by atoms with van der Waals surface area (Å²) in [5.41, 5.74) is 3.30. The maximum Gasteiger partial charge on any atom is 0.283 e. The predicted molar refractivity (Wildman–Crippen MR) is 77.4 cm³/mol. The van der Waals surface area contributed by atoms with Crippen LogP contribution in [0.4, 0.5) is 5.82 Å². The first kappa shape index (κ1) is 13.8. The number of carbonyl (C=O) groups is 1. The van der Waals surface area contributed by atoms with Gasteiger partial charge in [0.25, 0.3) is 5.82 Å². The quantitative estimate of drug-likeness (QED) is 0.868. The molecule has 0 fully saturated rings. The Morgan fingerprint density at radius 1 is 1.30 bits per heavy atom. The summed E-state index contributed by atoms with van der Waals surface area (Å²) < 4.78 is 0. The average molecular weight is 266 g/mol. The summed E-state index contributed by atoms with van der Waals surface area (Å²) in [7, 11) is 1.75. The summed E-state index contributed by atoms with van der Waals surface area (Å²) in [6.07, 6.45) is 0. The monoisotopic (exact) mass is 266 g/mol. The summed E-state index contributed by atoms with van der Waals surface area (Å²) in [4.78, 5) is 15.1. The van der Waals surface area contributed by atoms with Crippen LogP contribution in [0.15, 0.2) is 30.3 Å². The SMILES string of the molecule is CNc1[nH+]c(C)c(C#N)c(-c2ccccc2)c1C(C)=O. The molecule has 4 nitrogen and oxygen atoms in total. The number of carbonyl (C=O) groups excluding carboxylic acids is 1. The van der Waals surface area contributed by atoms with Crippen molar-refractivity contribution in [2.75, 3.05) is 12.4 Å². The molecule has 1 heterocycles. The van der Waals surface area contributed by atoms with Crippen LogP contribution in [0.2, 0.25) is 0 Å². The summed E-state index contributed by atoms with van der Waals surface area (Å²) in [6, 6.07) is 11.7. The molecule has 20 heavy (non-hydrogen) atoms. The van der Waals surface area contributed by atoms with E-state index >= 15 is 0 Å². The molecule has 2 rings (SSSR count). The van der Waals surface area contributed by atoms with Gasteiger partial charge >= 0.3 is 0 Å². The van der Waals surface area contributed by atoms with Crippen LogP contribution in [0, 0.1) is 18.3 Å². The van der Waals surface area contributed by atoms with E-state index in [1.807, 2.05) is 37.3 Å². The number of benzene rings is 1. The second-order valence-electron chi connectivity index (χ2n) is 4.53. The smallest absolute Gasteiger partial charge is 0.283 e. The number of aryl methyl sites for hydroxylation is 1. The molecule has 2 aromatic rings. The number of nitrogens with zero attached hydrogens (tertiary/aromatic N) is 1. The van der Waals surface area contributed by atoms with E-state index in [4.69, 9.17) is 0 Å². The zero-order chi connectivity index (χ0) is 14.7. The number of Topliss-reactive ketones (excluding diaryl/α,β-unsaturated/α-hetero) is 1. The van der Waals surface area contributed by atoms with Gasteiger partial charge in [-0.05, 0) is 19.4 Å². The van der Waals surface area contributed by atoms with Crippen LogP contribution < -0.4 is 10.3 Å². The van der Waals surface area contributed by atoms with Gasteiger partial charge in [-0.3, -0.25) is 10.1 Å². The van der Waals surface area contributed by atoms with E-state index in [0.29, 0.717) is 22.5 Å². The van der Waals surface area contributed by atoms with E-state index in [2.05, 4.69) is 16.4 Å². The Bertz CT molecular complexity index is 700. The Hall–Kier alpha value is -2.67. The standard InChI is InChI=1S/C16H15N3O/c1-10-13(9-17)15(12-7-5-4-6-8-12)14(11(2)20)16(18-3)19-10/h4-8H,1-3H3,(H,18,19)/p+1. The van der Waals surface area contributed by atoms with Crippen LogP contribution in [0.3, 0.4) is 0 Å². The molecule has 0 radical (unpaired) electrons. The molecule has 0 unspecified atom stereocenters. The zero-order valence-electron chi connectivity index (χ0n) is 11.7. The van der Waals surface area contributed by atoms with Gasteiger partial charge in [-0.1, -0.05) is 30.3 Å². The molecular formula is C16H16N3O+.